The molecule has 1 aromatic heterocycles. The lowest BCUT2D eigenvalue weighted by Gasteiger charge is -2.26. The molecule has 1 amide bonds. The first-order valence-electron chi connectivity index (χ1n) is 8.02. The van der Waals surface area contributed by atoms with E-state index in [1.54, 1.807) is 23.1 Å². The molecule has 0 spiro atoms. The molecule has 0 unspecified atom stereocenters. The van der Waals surface area contributed by atoms with Gasteiger partial charge in [-0.3, -0.25) is 4.79 Å². The molecule has 2 aliphatic heterocycles. The molecule has 2 aliphatic rings. The molecule has 1 fully saturated rings. The topological polar surface area (TPSA) is 54.5 Å². The quantitative estimate of drug-likeness (QED) is 0.851. The number of carbonyl (C=O) groups excluding carboxylic acids is 1. The summed E-state index contributed by atoms with van der Waals surface area (Å²) in [5.74, 6) is 0.869. The predicted octanol–water partition coefficient (Wildman–Crippen LogP) is 3.18. The number of aromatic nitrogens is 1. The maximum atomic E-state index is 12.1. The first-order chi connectivity index (χ1) is 11.7. The largest absolute Gasteiger partial charge is 0.378 e. The maximum absolute atomic E-state index is 12.1. The van der Waals surface area contributed by atoms with Gasteiger partial charge in [0.2, 0.25) is 5.91 Å². The van der Waals surface area contributed by atoms with Crippen LogP contribution in [-0.2, 0) is 9.53 Å². The molecule has 126 valence electrons. The van der Waals surface area contributed by atoms with Crippen LogP contribution in [0.25, 0.3) is 0 Å². The van der Waals surface area contributed by atoms with Gasteiger partial charge < -0.3 is 15.0 Å². The minimum absolute atomic E-state index is 0.0419. The van der Waals surface area contributed by atoms with Crippen molar-refractivity contribution in [3.63, 3.8) is 0 Å². The van der Waals surface area contributed by atoms with Crippen LogP contribution in [0.1, 0.15) is 22.8 Å². The van der Waals surface area contributed by atoms with E-state index in [0.29, 0.717) is 6.42 Å². The second-order valence-electron chi connectivity index (χ2n) is 5.89. The summed E-state index contributed by atoms with van der Waals surface area (Å²) < 4.78 is 5.42. The SMILES string of the molecule is CSc1ccc([C@@H]2CC(=O)Nc3nc(N4CCOCC4)sc32)cc1. The van der Waals surface area contributed by atoms with Crippen LogP contribution in [0.15, 0.2) is 29.2 Å². The maximum Gasteiger partial charge on any atom is 0.226 e. The summed E-state index contributed by atoms with van der Waals surface area (Å²) in [7, 11) is 0. The van der Waals surface area contributed by atoms with Gasteiger partial charge in [0, 0.05) is 30.3 Å². The van der Waals surface area contributed by atoms with Crippen molar-refractivity contribution in [1.82, 2.24) is 4.98 Å². The summed E-state index contributed by atoms with van der Waals surface area (Å²) in [6.45, 7) is 3.17. The van der Waals surface area contributed by atoms with Gasteiger partial charge in [-0.1, -0.05) is 23.5 Å². The van der Waals surface area contributed by atoms with Gasteiger partial charge in [-0.2, -0.15) is 0 Å². The second kappa shape index (κ2) is 6.74. The molecule has 24 heavy (non-hydrogen) atoms. The van der Waals surface area contributed by atoms with E-state index in [1.807, 2.05) is 0 Å². The number of carbonyl (C=O) groups is 1. The fourth-order valence-corrected chi connectivity index (χ4v) is 4.71. The van der Waals surface area contributed by atoms with E-state index in [4.69, 9.17) is 4.74 Å². The van der Waals surface area contributed by atoms with Crippen LogP contribution in [0.3, 0.4) is 0 Å². The van der Waals surface area contributed by atoms with E-state index >= 15 is 0 Å². The molecule has 0 saturated carbocycles. The van der Waals surface area contributed by atoms with Gasteiger partial charge in [0.15, 0.2) is 5.13 Å². The fraction of sp³-hybridized carbons (Fsp3) is 0.412. The minimum Gasteiger partial charge on any atom is -0.378 e. The highest BCUT2D eigenvalue weighted by Crippen LogP contribution is 2.43. The monoisotopic (exact) mass is 361 g/mol. The normalized spacial score (nSPS) is 20.6. The summed E-state index contributed by atoms with van der Waals surface area (Å²) >= 11 is 3.42. The summed E-state index contributed by atoms with van der Waals surface area (Å²) in [6, 6.07) is 8.51. The highest BCUT2D eigenvalue weighted by molar-refractivity contribution is 7.98. The lowest BCUT2D eigenvalue weighted by atomic mass is 9.92. The Kier molecular flexibility index (Phi) is 4.47. The molecule has 1 saturated heterocycles. The number of morpholine rings is 1. The molecule has 7 heteroatoms. The van der Waals surface area contributed by atoms with Crippen LogP contribution in [-0.4, -0.2) is 43.5 Å². The number of thioether (sulfide) groups is 1. The molecular formula is C17H19N3O2S2. The molecule has 3 heterocycles. The summed E-state index contributed by atoms with van der Waals surface area (Å²) in [5, 5.41) is 3.92. The van der Waals surface area contributed by atoms with Gasteiger partial charge in [0.25, 0.3) is 0 Å². The van der Waals surface area contributed by atoms with Crippen molar-refractivity contribution in [2.75, 3.05) is 42.8 Å². The molecule has 1 aromatic carbocycles. The highest BCUT2D eigenvalue weighted by atomic mass is 32.2. The summed E-state index contributed by atoms with van der Waals surface area (Å²) in [5.41, 5.74) is 1.18. The third-order valence-corrected chi connectivity index (χ3v) is 6.38. The average molecular weight is 361 g/mol. The van der Waals surface area contributed by atoms with E-state index in [0.717, 1.165) is 42.1 Å². The number of nitrogens with one attached hydrogen (secondary N) is 1. The van der Waals surface area contributed by atoms with Gasteiger partial charge in [-0.15, -0.1) is 11.8 Å². The van der Waals surface area contributed by atoms with Gasteiger partial charge >= 0.3 is 0 Å². The van der Waals surface area contributed by atoms with E-state index in [9.17, 15) is 4.79 Å². The van der Waals surface area contributed by atoms with Gasteiger partial charge in [0.1, 0.15) is 5.82 Å². The average Bonchev–Trinajstić information content (AvgIpc) is 3.06. The Balaban J connectivity index is 1.67. The third-order valence-electron chi connectivity index (χ3n) is 4.41. The molecule has 0 bridgehead atoms. The Morgan fingerprint density at radius 3 is 2.75 bits per heavy atom. The van der Waals surface area contributed by atoms with Gasteiger partial charge in [-0.25, -0.2) is 4.98 Å². The Hall–Kier alpha value is -1.57. The Morgan fingerprint density at radius 2 is 2.04 bits per heavy atom. The van der Waals surface area contributed by atoms with Gasteiger partial charge in [0.05, 0.1) is 18.1 Å². The number of nitrogens with zero attached hydrogens (tertiary/aromatic N) is 2. The first-order valence-corrected chi connectivity index (χ1v) is 10.1. The van der Waals surface area contributed by atoms with Crippen molar-refractivity contribution in [3.05, 3.63) is 34.7 Å². The number of hydrogen-bond donors (Lipinski definition) is 1. The standard InChI is InChI=1S/C17H19N3O2S2/c1-23-12-4-2-11(3-5-12)13-10-14(21)18-16-15(13)24-17(19-16)20-6-8-22-9-7-20/h2-5,13H,6-10H2,1H3,(H,18,21)/t13-/m0/s1. The number of anilines is 2. The molecule has 0 aliphatic carbocycles. The number of ether oxygens (including phenoxy) is 1. The van der Waals surface area contributed by atoms with Crippen molar-refractivity contribution in [3.8, 4) is 0 Å². The zero-order valence-corrected chi connectivity index (χ0v) is 15.1. The Morgan fingerprint density at radius 1 is 1.29 bits per heavy atom. The van der Waals surface area contributed by atoms with Crippen molar-refractivity contribution >= 4 is 40.0 Å². The molecule has 2 aromatic rings. The van der Waals surface area contributed by atoms with Crippen LogP contribution < -0.4 is 10.2 Å². The van der Waals surface area contributed by atoms with E-state index in [-0.39, 0.29) is 11.8 Å². The van der Waals surface area contributed by atoms with Crippen molar-refractivity contribution < 1.29 is 9.53 Å². The van der Waals surface area contributed by atoms with Gasteiger partial charge in [-0.05, 0) is 24.0 Å². The zero-order valence-electron chi connectivity index (χ0n) is 13.4. The van der Waals surface area contributed by atoms with Crippen molar-refractivity contribution in [2.24, 2.45) is 0 Å². The number of benzene rings is 1. The van der Waals surface area contributed by atoms with Crippen LogP contribution in [0.2, 0.25) is 0 Å². The Bertz CT molecular complexity index is 739. The highest BCUT2D eigenvalue weighted by Gasteiger charge is 2.31. The fourth-order valence-electron chi connectivity index (χ4n) is 3.10. The van der Waals surface area contributed by atoms with E-state index in [2.05, 4.69) is 45.7 Å². The first kappa shape index (κ1) is 15.9. The number of thiazole rings is 1. The number of rotatable bonds is 3. The predicted molar refractivity (Wildman–Crippen MR) is 98.5 cm³/mol. The second-order valence-corrected chi connectivity index (χ2v) is 7.78. The lowest BCUT2D eigenvalue weighted by Crippen LogP contribution is -2.36. The Labute approximate surface area is 149 Å². The number of amides is 1. The molecule has 4 rings (SSSR count). The van der Waals surface area contributed by atoms with Crippen LogP contribution >= 0.6 is 23.1 Å². The molecule has 0 radical (unpaired) electrons. The molecule has 1 N–H and O–H groups in total. The zero-order chi connectivity index (χ0) is 16.5. The van der Waals surface area contributed by atoms with E-state index in [1.165, 1.54) is 10.5 Å². The summed E-state index contributed by atoms with van der Waals surface area (Å²) in [6.07, 6.45) is 2.55. The number of fused-ring (bicyclic) bond motifs is 1. The smallest absolute Gasteiger partial charge is 0.226 e. The molecule has 1 atom stereocenters. The van der Waals surface area contributed by atoms with E-state index < -0.39 is 0 Å². The molecular weight excluding hydrogens is 342 g/mol. The molecule has 5 nitrogen and oxygen atoms in total. The van der Waals surface area contributed by atoms with Crippen LogP contribution in [0, 0.1) is 0 Å². The van der Waals surface area contributed by atoms with Crippen LogP contribution in [0.5, 0.6) is 0 Å². The lowest BCUT2D eigenvalue weighted by molar-refractivity contribution is -0.116. The van der Waals surface area contributed by atoms with Crippen molar-refractivity contribution in [1.29, 1.82) is 0 Å². The van der Waals surface area contributed by atoms with Crippen LogP contribution in [0.4, 0.5) is 10.9 Å². The third kappa shape index (κ3) is 3.03. The minimum atomic E-state index is 0.0419. The van der Waals surface area contributed by atoms with Crippen molar-refractivity contribution in [2.45, 2.75) is 17.2 Å². The summed E-state index contributed by atoms with van der Waals surface area (Å²) in [4.78, 5) is 21.5. The number of hydrogen-bond acceptors (Lipinski definition) is 6.